The molecule has 1 aromatic heterocycles. The number of carbonyl (C=O) groups excluding carboxylic acids is 2. The van der Waals surface area contributed by atoms with Crippen molar-refractivity contribution in [2.75, 3.05) is 21.3 Å². The Hall–Kier alpha value is -2.76. The molecular formula is C15H15NO5. The Morgan fingerprint density at radius 1 is 1.00 bits per heavy atom. The fourth-order valence-corrected chi connectivity index (χ4v) is 2.00. The van der Waals surface area contributed by atoms with Gasteiger partial charge in [0.15, 0.2) is 11.3 Å². The summed E-state index contributed by atoms with van der Waals surface area (Å²) in [5, 5.41) is 0. The number of aromatic nitrogens is 1. The van der Waals surface area contributed by atoms with Crippen LogP contribution < -0.4 is 9.47 Å². The SMILES string of the molecule is COC(=O)c1c(OC)[nH]c(C(=O)c2ccccc2)c1OC. The number of H-pyrrole nitrogens is 1. The fourth-order valence-electron chi connectivity index (χ4n) is 2.00. The molecule has 0 amide bonds. The second kappa shape index (κ2) is 6.13. The summed E-state index contributed by atoms with van der Waals surface area (Å²) in [7, 11) is 4.00. The van der Waals surface area contributed by atoms with Gasteiger partial charge in [-0.05, 0) is 0 Å². The smallest absolute Gasteiger partial charge is 0.347 e. The molecule has 0 unspecified atom stereocenters. The molecule has 0 radical (unpaired) electrons. The lowest BCUT2D eigenvalue weighted by molar-refractivity contribution is 0.0593. The average Bonchev–Trinajstić information content (AvgIpc) is 2.92. The third-order valence-corrected chi connectivity index (χ3v) is 2.98. The van der Waals surface area contributed by atoms with Crippen molar-refractivity contribution in [3.8, 4) is 11.6 Å². The van der Waals surface area contributed by atoms with Gasteiger partial charge >= 0.3 is 5.97 Å². The van der Waals surface area contributed by atoms with E-state index >= 15 is 0 Å². The van der Waals surface area contributed by atoms with Crippen LogP contribution in [0, 0.1) is 0 Å². The van der Waals surface area contributed by atoms with Crippen LogP contribution >= 0.6 is 0 Å². The van der Waals surface area contributed by atoms with E-state index in [0.29, 0.717) is 5.56 Å². The van der Waals surface area contributed by atoms with Crippen LogP contribution in [0.15, 0.2) is 30.3 Å². The van der Waals surface area contributed by atoms with Crippen molar-refractivity contribution in [3.05, 3.63) is 47.2 Å². The molecule has 0 atom stereocenters. The predicted molar refractivity (Wildman–Crippen MR) is 75.1 cm³/mol. The van der Waals surface area contributed by atoms with Crippen molar-refractivity contribution in [2.45, 2.75) is 0 Å². The van der Waals surface area contributed by atoms with E-state index in [1.165, 1.54) is 21.3 Å². The molecule has 1 heterocycles. The van der Waals surface area contributed by atoms with Crippen LogP contribution in [0.2, 0.25) is 0 Å². The summed E-state index contributed by atoms with van der Waals surface area (Å²) in [6.45, 7) is 0. The number of ether oxygens (including phenoxy) is 3. The number of aromatic amines is 1. The van der Waals surface area contributed by atoms with E-state index in [4.69, 9.17) is 9.47 Å². The van der Waals surface area contributed by atoms with Gasteiger partial charge in [-0.2, -0.15) is 0 Å². The summed E-state index contributed by atoms with van der Waals surface area (Å²) in [4.78, 5) is 27.1. The number of nitrogens with one attached hydrogen (secondary N) is 1. The third kappa shape index (κ3) is 2.60. The molecule has 1 N–H and O–H groups in total. The van der Waals surface area contributed by atoms with Crippen LogP contribution in [-0.2, 0) is 4.74 Å². The zero-order chi connectivity index (χ0) is 15.4. The minimum Gasteiger partial charge on any atom is -0.493 e. The second-order valence-corrected chi connectivity index (χ2v) is 4.13. The Kier molecular flexibility index (Phi) is 4.27. The lowest BCUT2D eigenvalue weighted by Gasteiger charge is -2.04. The quantitative estimate of drug-likeness (QED) is 0.673. The Bertz CT molecular complexity index is 660. The molecule has 0 bridgehead atoms. The monoisotopic (exact) mass is 289 g/mol. The minimum absolute atomic E-state index is 0.0572. The molecule has 2 rings (SSSR count). The van der Waals surface area contributed by atoms with Gasteiger partial charge in [-0.25, -0.2) is 4.79 Å². The lowest BCUT2D eigenvalue weighted by Crippen LogP contribution is -2.06. The van der Waals surface area contributed by atoms with Gasteiger partial charge in [0.2, 0.25) is 11.7 Å². The highest BCUT2D eigenvalue weighted by Gasteiger charge is 2.29. The fraction of sp³-hybridized carbons (Fsp3) is 0.200. The van der Waals surface area contributed by atoms with E-state index < -0.39 is 5.97 Å². The summed E-state index contributed by atoms with van der Waals surface area (Å²) in [6.07, 6.45) is 0. The van der Waals surface area contributed by atoms with Crippen LogP contribution in [0.1, 0.15) is 26.4 Å². The average molecular weight is 289 g/mol. The molecule has 0 fully saturated rings. The van der Waals surface area contributed by atoms with Crippen molar-refractivity contribution in [1.29, 1.82) is 0 Å². The van der Waals surface area contributed by atoms with Crippen molar-refractivity contribution >= 4 is 11.8 Å². The van der Waals surface area contributed by atoms with Crippen LogP contribution in [0.25, 0.3) is 0 Å². The highest BCUT2D eigenvalue weighted by molar-refractivity contribution is 6.12. The molecule has 21 heavy (non-hydrogen) atoms. The van der Waals surface area contributed by atoms with Gasteiger partial charge in [-0.3, -0.25) is 4.79 Å². The van der Waals surface area contributed by atoms with E-state index in [-0.39, 0.29) is 28.7 Å². The number of hydrogen-bond acceptors (Lipinski definition) is 5. The van der Waals surface area contributed by atoms with Crippen molar-refractivity contribution in [1.82, 2.24) is 4.98 Å². The standard InChI is InChI=1S/C15H15NO5/c1-19-13-10(15(18)21-3)14(20-2)16-11(13)12(17)9-7-5-4-6-8-9/h4-8,16H,1-3H3. The number of hydrogen-bond donors (Lipinski definition) is 1. The molecule has 110 valence electrons. The maximum absolute atomic E-state index is 12.5. The summed E-state index contributed by atoms with van der Waals surface area (Å²) >= 11 is 0. The van der Waals surface area contributed by atoms with Gasteiger partial charge < -0.3 is 19.2 Å². The molecule has 0 spiro atoms. The largest absolute Gasteiger partial charge is 0.493 e. The predicted octanol–water partition coefficient (Wildman–Crippen LogP) is 2.05. The zero-order valence-corrected chi connectivity index (χ0v) is 11.9. The highest BCUT2D eigenvalue weighted by Crippen LogP contribution is 2.34. The van der Waals surface area contributed by atoms with Gasteiger partial charge in [0.1, 0.15) is 5.69 Å². The van der Waals surface area contributed by atoms with Gasteiger partial charge in [0.25, 0.3) is 0 Å². The van der Waals surface area contributed by atoms with E-state index in [0.717, 1.165) is 0 Å². The van der Waals surface area contributed by atoms with Crippen LogP contribution in [0.5, 0.6) is 11.6 Å². The zero-order valence-electron chi connectivity index (χ0n) is 11.9. The van der Waals surface area contributed by atoms with Crippen LogP contribution in [0.3, 0.4) is 0 Å². The Morgan fingerprint density at radius 2 is 1.67 bits per heavy atom. The number of benzene rings is 1. The molecule has 0 aliphatic heterocycles. The van der Waals surface area contributed by atoms with Crippen LogP contribution in [-0.4, -0.2) is 38.1 Å². The van der Waals surface area contributed by atoms with Crippen molar-refractivity contribution in [2.24, 2.45) is 0 Å². The molecule has 6 heteroatoms. The normalized spacial score (nSPS) is 10.0. The summed E-state index contributed by atoms with van der Waals surface area (Å²) in [5.74, 6) is -0.724. The molecule has 0 saturated carbocycles. The van der Waals surface area contributed by atoms with Gasteiger partial charge in [0, 0.05) is 5.56 Å². The topological polar surface area (TPSA) is 77.6 Å². The van der Waals surface area contributed by atoms with Crippen molar-refractivity contribution < 1.29 is 23.8 Å². The van der Waals surface area contributed by atoms with Crippen LogP contribution in [0.4, 0.5) is 0 Å². The number of methoxy groups -OCH3 is 3. The van der Waals surface area contributed by atoms with Gasteiger partial charge in [-0.1, -0.05) is 30.3 Å². The molecule has 1 aromatic carbocycles. The first kappa shape index (κ1) is 14.6. The summed E-state index contributed by atoms with van der Waals surface area (Å²) in [5.41, 5.74) is 0.666. The molecular weight excluding hydrogens is 274 g/mol. The Labute approximate surface area is 121 Å². The van der Waals surface area contributed by atoms with E-state index in [9.17, 15) is 9.59 Å². The summed E-state index contributed by atoms with van der Waals surface area (Å²) < 4.78 is 15.0. The first-order chi connectivity index (χ1) is 10.1. The van der Waals surface area contributed by atoms with Gasteiger partial charge in [0.05, 0.1) is 21.3 Å². The summed E-state index contributed by atoms with van der Waals surface area (Å²) in [6, 6.07) is 8.66. The van der Waals surface area contributed by atoms with Gasteiger partial charge in [-0.15, -0.1) is 0 Å². The maximum Gasteiger partial charge on any atom is 0.347 e. The van der Waals surface area contributed by atoms with Crippen molar-refractivity contribution in [3.63, 3.8) is 0 Å². The minimum atomic E-state index is -0.646. The third-order valence-electron chi connectivity index (χ3n) is 2.98. The van der Waals surface area contributed by atoms with E-state index in [1.54, 1.807) is 24.3 Å². The second-order valence-electron chi connectivity index (χ2n) is 4.13. The van der Waals surface area contributed by atoms with E-state index in [2.05, 4.69) is 9.72 Å². The highest BCUT2D eigenvalue weighted by atomic mass is 16.5. The Morgan fingerprint density at radius 3 is 2.19 bits per heavy atom. The molecule has 6 nitrogen and oxygen atoms in total. The number of ketones is 1. The number of carbonyl (C=O) groups is 2. The molecule has 0 aliphatic rings. The number of esters is 1. The van der Waals surface area contributed by atoms with E-state index in [1.807, 2.05) is 6.07 Å². The molecule has 2 aromatic rings. The Balaban J connectivity index is 2.57. The first-order valence-electron chi connectivity index (χ1n) is 6.16. The lowest BCUT2D eigenvalue weighted by atomic mass is 10.1. The molecule has 0 aliphatic carbocycles. The maximum atomic E-state index is 12.5. The number of rotatable bonds is 5. The first-order valence-corrected chi connectivity index (χ1v) is 6.16. The molecule has 0 saturated heterocycles.